The standard InChI is InChI=1S/2C20H26N4O/c2*1-4-24(5-2)20(25)22-14-10-16-15-7-6-8-17-19(15)13(11-21-17)9-18(16)23(3)12-14/h2*6-8,10-11,14,18,21H,4-5,9,12H2,1-3H3,(H,22,25)/t2*14-,18+/m00/s1. The van der Waals surface area contributed by atoms with E-state index in [1.165, 1.54) is 55.2 Å². The van der Waals surface area contributed by atoms with E-state index in [2.05, 4.69) is 105 Å². The summed E-state index contributed by atoms with van der Waals surface area (Å²) in [4.78, 5) is 40.1. The first-order chi connectivity index (χ1) is 24.2. The van der Waals surface area contributed by atoms with Crippen LogP contribution in [0.25, 0.3) is 33.0 Å². The summed E-state index contributed by atoms with van der Waals surface area (Å²) >= 11 is 0. The Kier molecular flexibility index (Phi) is 9.50. The Hall–Kier alpha value is -4.54. The summed E-state index contributed by atoms with van der Waals surface area (Å²) in [6, 6.07) is 13.8. The van der Waals surface area contributed by atoms with Gasteiger partial charge in [-0.3, -0.25) is 9.80 Å². The molecular weight excluding hydrogens is 624 g/mol. The van der Waals surface area contributed by atoms with Crippen molar-refractivity contribution in [1.29, 1.82) is 0 Å². The topological polar surface area (TPSA) is 103 Å². The van der Waals surface area contributed by atoms with E-state index in [4.69, 9.17) is 0 Å². The quantitative estimate of drug-likeness (QED) is 0.211. The minimum absolute atomic E-state index is 0.0232. The minimum atomic E-state index is 0.0232. The molecule has 4 aliphatic rings. The first-order valence-corrected chi connectivity index (χ1v) is 18.4. The Balaban J connectivity index is 0.000000157. The SMILES string of the molecule is CCN(CC)C(=O)N[C@H]1C=C2c3cccc4[nH]cc(c34)C[C@H]2N(C)C1.CCN(CC)C(=O)N[C@H]1C=C2c3cccc4[nH]cc(c34)C[C@H]2N(C)C1. The van der Waals surface area contributed by atoms with Crippen molar-refractivity contribution < 1.29 is 9.59 Å². The summed E-state index contributed by atoms with van der Waals surface area (Å²) in [5, 5.41) is 9.07. The maximum absolute atomic E-state index is 12.4. The Labute approximate surface area is 295 Å². The number of rotatable bonds is 6. The van der Waals surface area contributed by atoms with Crippen molar-refractivity contribution in [1.82, 2.24) is 40.2 Å². The molecule has 264 valence electrons. The van der Waals surface area contributed by atoms with Crippen molar-refractivity contribution in [2.24, 2.45) is 0 Å². The first-order valence-electron chi connectivity index (χ1n) is 18.4. The molecule has 4 aromatic rings. The third-order valence-electron chi connectivity index (χ3n) is 11.3. The van der Waals surface area contributed by atoms with Crippen LogP contribution >= 0.6 is 0 Å². The molecule has 0 radical (unpaired) electrons. The molecule has 2 aliphatic heterocycles. The molecule has 0 spiro atoms. The van der Waals surface area contributed by atoms with Gasteiger partial charge in [0.1, 0.15) is 0 Å². The number of H-pyrrole nitrogens is 2. The number of nitrogens with one attached hydrogen (secondary N) is 4. The number of carbonyl (C=O) groups excluding carboxylic acids is 2. The van der Waals surface area contributed by atoms with Gasteiger partial charge >= 0.3 is 12.1 Å². The number of hydrogen-bond donors (Lipinski definition) is 4. The molecule has 8 rings (SSSR count). The second kappa shape index (κ2) is 14.0. The Bertz CT molecular complexity index is 1810. The van der Waals surface area contributed by atoms with Crippen molar-refractivity contribution in [3.05, 3.63) is 83.2 Å². The van der Waals surface area contributed by atoms with Gasteiger partial charge in [-0.25, -0.2) is 9.59 Å². The van der Waals surface area contributed by atoms with Crippen molar-refractivity contribution in [3.63, 3.8) is 0 Å². The number of likely N-dealkylation sites (N-methyl/N-ethyl adjacent to an activating group) is 2. The average molecular weight is 677 g/mol. The van der Waals surface area contributed by atoms with Crippen LogP contribution in [0.2, 0.25) is 0 Å². The number of benzene rings is 2. The molecule has 4 amide bonds. The average Bonchev–Trinajstić information content (AvgIpc) is 3.73. The van der Waals surface area contributed by atoms with Crippen LogP contribution in [0.15, 0.2) is 60.9 Å². The third-order valence-corrected chi connectivity index (χ3v) is 11.3. The van der Waals surface area contributed by atoms with E-state index in [0.29, 0.717) is 12.1 Å². The van der Waals surface area contributed by atoms with Crippen LogP contribution in [0.3, 0.4) is 0 Å². The zero-order valence-corrected chi connectivity index (χ0v) is 30.3. The molecule has 2 aromatic carbocycles. The molecule has 2 aromatic heterocycles. The zero-order valence-electron chi connectivity index (χ0n) is 30.3. The highest BCUT2D eigenvalue weighted by molar-refractivity contribution is 5.99. The predicted molar refractivity (Wildman–Crippen MR) is 203 cm³/mol. The van der Waals surface area contributed by atoms with Crippen molar-refractivity contribution >= 4 is 45.0 Å². The number of carbonyl (C=O) groups is 2. The maximum atomic E-state index is 12.4. The number of nitrogens with zero attached hydrogens (tertiary/aromatic N) is 4. The summed E-state index contributed by atoms with van der Waals surface area (Å²) in [5.41, 5.74) is 10.5. The van der Waals surface area contributed by atoms with Crippen LogP contribution in [0.5, 0.6) is 0 Å². The molecule has 10 heteroatoms. The van der Waals surface area contributed by atoms with Gasteiger partial charge in [-0.2, -0.15) is 0 Å². The van der Waals surface area contributed by atoms with E-state index in [1.807, 2.05) is 37.5 Å². The number of aromatic amines is 2. The molecule has 0 bridgehead atoms. The highest BCUT2D eigenvalue weighted by Gasteiger charge is 2.35. The molecule has 0 unspecified atom stereocenters. The first kappa shape index (κ1) is 33.9. The number of urea groups is 2. The van der Waals surface area contributed by atoms with Crippen LogP contribution in [-0.4, -0.2) is 119 Å². The lowest BCUT2D eigenvalue weighted by Crippen LogP contribution is -2.52. The molecule has 50 heavy (non-hydrogen) atoms. The lowest BCUT2D eigenvalue weighted by molar-refractivity contribution is 0.192. The fourth-order valence-electron chi connectivity index (χ4n) is 8.61. The molecule has 4 N–H and O–H groups in total. The Morgan fingerprint density at radius 2 is 1.08 bits per heavy atom. The van der Waals surface area contributed by atoms with Crippen LogP contribution in [0.4, 0.5) is 9.59 Å². The summed E-state index contributed by atoms with van der Waals surface area (Å²) in [5.74, 6) is 0. The van der Waals surface area contributed by atoms with Gasteiger partial charge in [0.15, 0.2) is 0 Å². The van der Waals surface area contributed by atoms with Crippen LogP contribution in [0.1, 0.15) is 49.9 Å². The second-order valence-corrected chi connectivity index (χ2v) is 14.1. The van der Waals surface area contributed by atoms with Crippen LogP contribution in [0, 0.1) is 0 Å². The summed E-state index contributed by atoms with van der Waals surface area (Å²) in [6.07, 6.45) is 10.9. The Morgan fingerprint density at radius 1 is 0.680 bits per heavy atom. The number of amides is 4. The fourth-order valence-corrected chi connectivity index (χ4v) is 8.61. The summed E-state index contributed by atoms with van der Waals surface area (Å²) in [6.45, 7) is 12.7. The van der Waals surface area contributed by atoms with E-state index >= 15 is 0 Å². The van der Waals surface area contributed by atoms with Gasteiger partial charge < -0.3 is 30.4 Å². The predicted octanol–water partition coefficient (Wildman–Crippen LogP) is 5.68. The van der Waals surface area contributed by atoms with Crippen LogP contribution < -0.4 is 10.6 Å². The van der Waals surface area contributed by atoms with Crippen molar-refractivity contribution in [2.45, 2.75) is 64.7 Å². The van der Waals surface area contributed by atoms with E-state index in [1.54, 1.807) is 0 Å². The fraction of sp³-hybridized carbons (Fsp3) is 0.450. The van der Waals surface area contributed by atoms with Crippen LogP contribution in [-0.2, 0) is 12.8 Å². The van der Waals surface area contributed by atoms with E-state index < -0.39 is 0 Å². The minimum Gasteiger partial charge on any atom is -0.361 e. The lowest BCUT2D eigenvalue weighted by Gasteiger charge is -2.40. The van der Waals surface area contributed by atoms with Crippen molar-refractivity contribution in [2.75, 3.05) is 53.4 Å². The van der Waals surface area contributed by atoms with E-state index in [9.17, 15) is 9.59 Å². The normalized spacial score (nSPS) is 22.4. The number of aromatic nitrogens is 2. The molecule has 4 heterocycles. The second-order valence-electron chi connectivity index (χ2n) is 14.1. The monoisotopic (exact) mass is 676 g/mol. The Morgan fingerprint density at radius 3 is 1.46 bits per heavy atom. The lowest BCUT2D eigenvalue weighted by atomic mass is 9.81. The third kappa shape index (κ3) is 6.09. The molecule has 0 saturated carbocycles. The molecule has 2 aliphatic carbocycles. The smallest absolute Gasteiger partial charge is 0.317 e. The van der Waals surface area contributed by atoms with Gasteiger partial charge in [0.25, 0.3) is 0 Å². The van der Waals surface area contributed by atoms with Gasteiger partial charge in [0.2, 0.25) is 0 Å². The zero-order chi connectivity index (χ0) is 35.1. The largest absolute Gasteiger partial charge is 0.361 e. The molecular formula is C40H52N8O2. The molecule has 0 saturated heterocycles. The highest BCUT2D eigenvalue weighted by atomic mass is 16.2. The van der Waals surface area contributed by atoms with Crippen molar-refractivity contribution in [3.8, 4) is 0 Å². The molecule has 0 fully saturated rings. The summed E-state index contributed by atoms with van der Waals surface area (Å²) < 4.78 is 0. The maximum Gasteiger partial charge on any atom is 0.317 e. The summed E-state index contributed by atoms with van der Waals surface area (Å²) in [7, 11) is 4.32. The number of hydrogen-bond acceptors (Lipinski definition) is 4. The van der Waals surface area contributed by atoms with Gasteiger partial charge in [-0.1, -0.05) is 36.4 Å². The molecule has 10 nitrogen and oxygen atoms in total. The van der Waals surface area contributed by atoms with E-state index in [0.717, 1.165) is 52.1 Å². The van der Waals surface area contributed by atoms with Gasteiger partial charge in [-0.15, -0.1) is 0 Å². The molecule has 4 atom stereocenters. The highest BCUT2D eigenvalue weighted by Crippen LogP contribution is 2.41. The van der Waals surface area contributed by atoms with Gasteiger partial charge in [0, 0.05) is 85.6 Å². The van der Waals surface area contributed by atoms with Gasteiger partial charge in [0.05, 0.1) is 12.1 Å². The van der Waals surface area contributed by atoms with E-state index in [-0.39, 0.29) is 24.1 Å². The number of fused-ring (bicyclic) bond motifs is 4. The van der Waals surface area contributed by atoms with Gasteiger partial charge in [-0.05, 0) is 100 Å².